The molecule has 2 heteroatoms. The quantitative estimate of drug-likeness (QED) is 0.350. The molecule has 0 heterocycles. The van der Waals surface area contributed by atoms with Crippen molar-refractivity contribution in [1.82, 2.24) is 0 Å². The molecule has 0 spiro atoms. The number of hydrogen-bond acceptors (Lipinski definition) is 1. The van der Waals surface area contributed by atoms with E-state index in [9.17, 15) is 4.39 Å². The van der Waals surface area contributed by atoms with Gasteiger partial charge in [0.2, 0.25) is 0 Å². The van der Waals surface area contributed by atoms with Gasteiger partial charge in [0, 0.05) is 0 Å². The maximum atomic E-state index is 11.6. The molecule has 0 unspecified atom stereocenters. The van der Waals surface area contributed by atoms with Crippen molar-refractivity contribution in [3.63, 3.8) is 0 Å². The predicted octanol–water partition coefficient (Wildman–Crippen LogP) is 3.05. The summed E-state index contributed by atoms with van der Waals surface area (Å²) in [5, 5.41) is 0. The van der Waals surface area contributed by atoms with Gasteiger partial charge in [-0.25, -0.2) is 4.39 Å². The molecule has 0 aromatic carbocycles. The summed E-state index contributed by atoms with van der Waals surface area (Å²) in [4.78, 5) is 0. The summed E-state index contributed by atoms with van der Waals surface area (Å²) in [6.45, 7) is 4.86. The van der Waals surface area contributed by atoms with E-state index < -0.39 is 6.67 Å². The first-order chi connectivity index (χ1) is 6.27. The highest BCUT2D eigenvalue weighted by Gasteiger charge is 1.79. The molecule has 0 aromatic rings. The summed E-state index contributed by atoms with van der Waals surface area (Å²) in [5.41, 5.74) is 1.25. The van der Waals surface area contributed by atoms with E-state index in [1.54, 1.807) is 12.2 Å². The van der Waals surface area contributed by atoms with Crippen LogP contribution in [0.5, 0.6) is 0 Å². The number of hydrogen-bond donors (Lipinski definition) is 0. The second-order valence-electron chi connectivity index (χ2n) is 2.83. The maximum Gasteiger partial charge on any atom is 0.108 e. The van der Waals surface area contributed by atoms with Crippen molar-refractivity contribution >= 4 is 0 Å². The Hall–Kier alpha value is -0.890. The smallest absolute Gasteiger partial charge is 0.108 e. The van der Waals surface area contributed by atoms with Crippen LogP contribution < -0.4 is 0 Å². The van der Waals surface area contributed by atoms with Crippen LogP contribution in [0.25, 0.3) is 0 Å². The second-order valence-corrected chi connectivity index (χ2v) is 2.83. The molecule has 0 saturated heterocycles. The van der Waals surface area contributed by atoms with E-state index in [1.165, 1.54) is 11.6 Å². The average molecular weight is 184 g/mol. The van der Waals surface area contributed by atoms with Crippen LogP contribution in [0.4, 0.5) is 4.39 Å². The number of alkyl halides is 1. The first kappa shape index (κ1) is 12.1. The van der Waals surface area contributed by atoms with Crippen LogP contribution in [0.15, 0.2) is 36.0 Å². The molecule has 0 amide bonds. The summed E-state index contributed by atoms with van der Waals surface area (Å²) < 4.78 is 16.8. The van der Waals surface area contributed by atoms with Crippen LogP contribution >= 0.6 is 0 Å². The molecule has 13 heavy (non-hydrogen) atoms. The molecule has 74 valence electrons. The van der Waals surface area contributed by atoms with E-state index in [0.29, 0.717) is 13.2 Å². The summed E-state index contributed by atoms with van der Waals surface area (Å²) in [6.07, 6.45) is 8.77. The van der Waals surface area contributed by atoms with Gasteiger partial charge in [-0.15, -0.1) is 0 Å². The second kappa shape index (κ2) is 9.20. The topological polar surface area (TPSA) is 9.23 Å². The Kier molecular flexibility index (Phi) is 8.57. The van der Waals surface area contributed by atoms with Crippen LogP contribution in [0.2, 0.25) is 0 Å². The molecule has 0 atom stereocenters. The molecule has 0 aliphatic rings. The monoisotopic (exact) mass is 184 g/mol. The summed E-state index contributed by atoms with van der Waals surface area (Å²) in [7, 11) is 0. The molecule has 0 rings (SSSR count). The number of halogens is 1. The molecule has 0 saturated carbocycles. The minimum Gasteiger partial charge on any atom is -0.373 e. The fourth-order valence-corrected chi connectivity index (χ4v) is 0.626. The highest BCUT2D eigenvalue weighted by molar-refractivity contribution is 5.02. The van der Waals surface area contributed by atoms with E-state index in [0.717, 1.165) is 0 Å². The van der Waals surface area contributed by atoms with Gasteiger partial charge in [0.25, 0.3) is 0 Å². The summed E-state index contributed by atoms with van der Waals surface area (Å²) in [5.74, 6) is 0. The Labute approximate surface area is 79.6 Å². The van der Waals surface area contributed by atoms with E-state index in [1.807, 2.05) is 26.0 Å². The molecule has 0 N–H and O–H groups in total. The largest absolute Gasteiger partial charge is 0.373 e. The lowest BCUT2D eigenvalue weighted by molar-refractivity contribution is 0.193. The molecule has 0 radical (unpaired) electrons. The van der Waals surface area contributed by atoms with Crippen LogP contribution in [0, 0.1) is 0 Å². The lowest BCUT2D eigenvalue weighted by Gasteiger charge is -1.94. The molecule has 0 aromatic heterocycles. The van der Waals surface area contributed by atoms with Gasteiger partial charge in [0.1, 0.15) is 6.67 Å². The van der Waals surface area contributed by atoms with E-state index in [2.05, 4.69) is 0 Å². The SMILES string of the molecule is CC(C)=CCOC/C=C\C=C/CF. The van der Waals surface area contributed by atoms with Crippen molar-refractivity contribution in [2.45, 2.75) is 13.8 Å². The molecule has 0 bridgehead atoms. The van der Waals surface area contributed by atoms with E-state index in [4.69, 9.17) is 4.74 Å². The van der Waals surface area contributed by atoms with Gasteiger partial charge in [0.05, 0.1) is 13.2 Å². The van der Waals surface area contributed by atoms with Crippen LogP contribution in [-0.4, -0.2) is 19.9 Å². The number of ether oxygens (including phenoxy) is 1. The molecular weight excluding hydrogens is 167 g/mol. The van der Waals surface area contributed by atoms with Crippen molar-refractivity contribution in [2.24, 2.45) is 0 Å². The highest BCUT2D eigenvalue weighted by atomic mass is 19.1. The summed E-state index contributed by atoms with van der Waals surface area (Å²) >= 11 is 0. The zero-order valence-corrected chi connectivity index (χ0v) is 8.29. The van der Waals surface area contributed by atoms with Crippen LogP contribution in [0.1, 0.15) is 13.8 Å². The van der Waals surface area contributed by atoms with Gasteiger partial charge in [-0.2, -0.15) is 0 Å². The standard InChI is InChI=1S/C11H17FO/c1-11(2)7-10-13-9-6-4-3-5-8-12/h3-7H,8-10H2,1-2H3/b5-3-,6-4-. The minimum absolute atomic E-state index is 0.414. The van der Waals surface area contributed by atoms with Crippen molar-refractivity contribution < 1.29 is 9.13 Å². The van der Waals surface area contributed by atoms with Crippen molar-refractivity contribution in [3.05, 3.63) is 36.0 Å². The molecule has 0 aliphatic heterocycles. The third-order valence-electron chi connectivity index (χ3n) is 1.30. The zero-order valence-electron chi connectivity index (χ0n) is 8.29. The average Bonchev–Trinajstić information content (AvgIpc) is 2.09. The lowest BCUT2D eigenvalue weighted by atomic mass is 10.3. The first-order valence-corrected chi connectivity index (χ1v) is 4.36. The Morgan fingerprint density at radius 3 is 2.46 bits per heavy atom. The van der Waals surface area contributed by atoms with Crippen LogP contribution in [0.3, 0.4) is 0 Å². The summed E-state index contributed by atoms with van der Waals surface area (Å²) in [6, 6.07) is 0. The Morgan fingerprint density at radius 2 is 1.85 bits per heavy atom. The lowest BCUT2D eigenvalue weighted by Crippen LogP contribution is -1.90. The van der Waals surface area contributed by atoms with Gasteiger partial charge >= 0.3 is 0 Å². The van der Waals surface area contributed by atoms with Gasteiger partial charge in [-0.1, -0.05) is 36.0 Å². The zero-order chi connectivity index (χ0) is 9.94. The first-order valence-electron chi connectivity index (χ1n) is 4.36. The van der Waals surface area contributed by atoms with Crippen LogP contribution in [-0.2, 0) is 4.74 Å². The third-order valence-corrected chi connectivity index (χ3v) is 1.30. The Balaban J connectivity index is 3.30. The van der Waals surface area contributed by atoms with Gasteiger partial charge in [-0.3, -0.25) is 0 Å². The van der Waals surface area contributed by atoms with Gasteiger partial charge in [0.15, 0.2) is 0 Å². The number of rotatable bonds is 6. The van der Waals surface area contributed by atoms with Gasteiger partial charge < -0.3 is 4.74 Å². The Bertz CT molecular complexity index is 188. The van der Waals surface area contributed by atoms with E-state index in [-0.39, 0.29) is 0 Å². The number of allylic oxidation sites excluding steroid dienone is 4. The normalized spacial score (nSPS) is 11.3. The third kappa shape index (κ3) is 11.1. The van der Waals surface area contributed by atoms with Gasteiger partial charge in [-0.05, 0) is 13.8 Å². The van der Waals surface area contributed by atoms with Crippen molar-refractivity contribution in [1.29, 1.82) is 0 Å². The highest BCUT2D eigenvalue weighted by Crippen LogP contribution is 1.88. The fraction of sp³-hybridized carbons (Fsp3) is 0.455. The van der Waals surface area contributed by atoms with Crippen molar-refractivity contribution in [2.75, 3.05) is 19.9 Å². The van der Waals surface area contributed by atoms with E-state index >= 15 is 0 Å². The fourth-order valence-electron chi connectivity index (χ4n) is 0.626. The molecule has 0 aliphatic carbocycles. The van der Waals surface area contributed by atoms with Crippen molar-refractivity contribution in [3.8, 4) is 0 Å². The minimum atomic E-state index is -0.414. The molecular formula is C11H17FO. The molecule has 0 fully saturated rings. The Morgan fingerprint density at radius 1 is 1.15 bits per heavy atom. The maximum absolute atomic E-state index is 11.6. The molecule has 1 nitrogen and oxygen atoms in total. The predicted molar refractivity (Wildman–Crippen MR) is 54.5 cm³/mol.